The van der Waals surface area contributed by atoms with E-state index in [-0.39, 0.29) is 0 Å². The SMILES string of the molecule is CNCC1CCN(Cc2cnccn2)CC1. The van der Waals surface area contributed by atoms with Gasteiger partial charge in [0, 0.05) is 25.1 Å². The molecule has 1 aromatic rings. The molecule has 0 amide bonds. The fraction of sp³-hybridized carbons (Fsp3) is 0.667. The Morgan fingerprint density at radius 1 is 1.38 bits per heavy atom. The Morgan fingerprint density at radius 3 is 2.81 bits per heavy atom. The predicted molar refractivity (Wildman–Crippen MR) is 64.0 cm³/mol. The van der Waals surface area contributed by atoms with Gasteiger partial charge in [-0.2, -0.15) is 0 Å². The topological polar surface area (TPSA) is 41.0 Å². The molecule has 88 valence electrons. The van der Waals surface area contributed by atoms with E-state index in [4.69, 9.17) is 0 Å². The fourth-order valence-corrected chi connectivity index (χ4v) is 2.28. The average molecular weight is 220 g/mol. The largest absolute Gasteiger partial charge is 0.319 e. The number of piperidine rings is 1. The zero-order chi connectivity index (χ0) is 11.2. The summed E-state index contributed by atoms with van der Waals surface area (Å²) < 4.78 is 0. The van der Waals surface area contributed by atoms with Gasteiger partial charge in [0.25, 0.3) is 0 Å². The summed E-state index contributed by atoms with van der Waals surface area (Å²) in [6, 6.07) is 0. The molecule has 0 radical (unpaired) electrons. The second-order valence-corrected chi connectivity index (χ2v) is 4.47. The van der Waals surface area contributed by atoms with Gasteiger partial charge in [-0.3, -0.25) is 14.9 Å². The van der Waals surface area contributed by atoms with Gasteiger partial charge in [-0.15, -0.1) is 0 Å². The quantitative estimate of drug-likeness (QED) is 0.819. The van der Waals surface area contributed by atoms with E-state index in [0.717, 1.165) is 24.7 Å². The van der Waals surface area contributed by atoms with E-state index >= 15 is 0 Å². The van der Waals surface area contributed by atoms with Crippen LogP contribution in [0, 0.1) is 5.92 Å². The van der Waals surface area contributed by atoms with Crippen LogP contribution in [-0.4, -0.2) is 41.5 Å². The Hall–Kier alpha value is -1.00. The van der Waals surface area contributed by atoms with Crippen molar-refractivity contribution in [2.45, 2.75) is 19.4 Å². The first-order valence-corrected chi connectivity index (χ1v) is 6.00. The maximum absolute atomic E-state index is 4.31. The van der Waals surface area contributed by atoms with Crippen LogP contribution >= 0.6 is 0 Å². The number of nitrogens with one attached hydrogen (secondary N) is 1. The monoisotopic (exact) mass is 220 g/mol. The second kappa shape index (κ2) is 5.92. The molecule has 1 fully saturated rings. The van der Waals surface area contributed by atoms with Crippen LogP contribution in [-0.2, 0) is 6.54 Å². The second-order valence-electron chi connectivity index (χ2n) is 4.47. The summed E-state index contributed by atoms with van der Waals surface area (Å²) in [6.07, 6.45) is 7.94. The Bertz CT molecular complexity index is 293. The van der Waals surface area contributed by atoms with Crippen LogP contribution in [0.25, 0.3) is 0 Å². The number of aromatic nitrogens is 2. The van der Waals surface area contributed by atoms with Crippen molar-refractivity contribution in [3.63, 3.8) is 0 Å². The van der Waals surface area contributed by atoms with Gasteiger partial charge < -0.3 is 5.32 Å². The first kappa shape index (κ1) is 11.5. The van der Waals surface area contributed by atoms with Gasteiger partial charge in [0.2, 0.25) is 0 Å². The Morgan fingerprint density at radius 2 is 2.19 bits per heavy atom. The van der Waals surface area contributed by atoms with Gasteiger partial charge in [-0.1, -0.05) is 0 Å². The summed E-state index contributed by atoms with van der Waals surface area (Å²) in [6.45, 7) is 4.46. The van der Waals surface area contributed by atoms with E-state index in [0.29, 0.717) is 0 Å². The lowest BCUT2D eigenvalue weighted by molar-refractivity contribution is 0.175. The van der Waals surface area contributed by atoms with Crippen molar-refractivity contribution >= 4 is 0 Å². The van der Waals surface area contributed by atoms with Gasteiger partial charge >= 0.3 is 0 Å². The molecular formula is C12H20N4. The van der Waals surface area contributed by atoms with E-state index in [1.54, 1.807) is 12.4 Å². The third-order valence-electron chi connectivity index (χ3n) is 3.20. The van der Waals surface area contributed by atoms with Crippen molar-refractivity contribution in [3.05, 3.63) is 24.3 Å². The molecule has 0 atom stereocenters. The molecule has 2 heterocycles. The molecule has 4 nitrogen and oxygen atoms in total. The lowest BCUT2D eigenvalue weighted by Gasteiger charge is -2.31. The molecule has 1 aliphatic heterocycles. The van der Waals surface area contributed by atoms with Crippen LogP contribution in [0.3, 0.4) is 0 Å². The molecule has 2 rings (SSSR count). The highest BCUT2D eigenvalue weighted by atomic mass is 15.1. The minimum Gasteiger partial charge on any atom is -0.319 e. The van der Waals surface area contributed by atoms with Crippen molar-refractivity contribution < 1.29 is 0 Å². The number of nitrogens with zero attached hydrogens (tertiary/aromatic N) is 3. The van der Waals surface area contributed by atoms with E-state index in [1.165, 1.54) is 25.9 Å². The van der Waals surface area contributed by atoms with E-state index in [1.807, 2.05) is 13.2 Å². The van der Waals surface area contributed by atoms with Crippen LogP contribution in [0.1, 0.15) is 18.5 Å². The standard InChI is InChI=1S/C12H20N4/c1-13-8-11-2-6-16(7-3-11)10-12-9-14-4-5-15-12/h4-5,9,11,13H,2-3,6-8,10H2,1H3. The minimum absolute atomic E-state index is 0.850. The van der Waals surface area contributed by atoms with Gasteiger partial charge in [0.05, 0.1) is 5.69 Å². The van der Waals surface area contributed by atoms with Gasteiger partial charge in [-0.25, -0.2) is 0 Å². The highest BCUT2D eigenvalue weighted by molar-refractivity contribution is 4.94. The molecule has 4 heteroatoms. The molecule has 1 aliphatic rings. The molecule has 0 saturated carbocycles. The van der Waals surface area contributed by atoms with Gasteiger partial charge in [0.15, 0.2) is 0 Å². The molecule has 0 spiro atoms. The Labute approximate surface area is 97.1 Å². The number of hydrogen-bond acceptors (Lipinski definition) is 4. The number of likely N-dealkylation sites (tertiary alicyclic amines) is 1. The third kappa shape index (κ3) is 3.25. The molecule has 1 aromatic heterocycles. The smallest absolute Gasteiger partial charge is 0.0726 e. The highest BCUT2D eigenvalue weighted by Crippen LogP contribution is 2.17. The van der Waals surface area contributed by atoms with Crippen LogP contribution in [0.5, 0.6) is 0 Å². The fourth-order valence-electron chi connectivity index (χ4n) is 2.28. The van der Waals surface area contributed by atoms with Crippen molar-refractivity contribution in [1.82, 2.24) is 20.2 Å². The normalized spacial score (nSPS) is 18.8. The van der Waals surface area contributed by atoms with E-state index in [9.17, 15) is 0 Å². The lowest BCUT2D eigenvalue weighted by Crippen LogP contribution is -2.36. The highest BCUT2D eigenvalue weighted by Gasteiger charge is 2.18. The summed E-state index contributed by atoms with van der Waals surface area (Å²) in [7, 11) is 2.03. The minimum atomic E-state index is 0.850. The maximum Gasteiger partial charge on any atom is 0.0726 e. The predicted octanol–water partition coefficient (Wildman–Crippen LogP) is 0.908. The molecule has 16 heavy (non-hydrogen) atoms. The molecular weight excluding hydrogens is 200 g/mol. The lowest BCUT2D eigenvalue weighted by atomic mass is 9.97. The van der Waals surface area contributed by atoms with Crippen LogP contribution < -0.4 is 5.32 Å². The summed E-state index contributed by atoms with van der Waals surface area (Å²) >= 11 is 0. The Kier molecular flexibility index (Phi) is 4.25. The first-order chi connectivity index (χ1) is 7.88. The van der Waals surface area contributed by atoms with Gasteiger partial charge in [-0.05, 0) is 45.4 Å². The molecule has 0 aromatic carbocycles. The first-order valence-electron chi connectivity index (χ1n) is 6.00. The summed E-state index contributed by atoms with van der Waals surface area (Å²) in [4.78, 5) is 10.9. The summed E-state index contributed by atoms with van der Waals surface area (Å²) in [5.74, 6) is 0.850. The summed E-state index contributed by atoms with van der Waals surface area (Å²) in [5, 5.41) is 3.26. The van der Waals surface area contributed by atoms with Crippen molar-refractivity contribution in [2.24, 2.45) is 5.92 Å². The van der Waals surface area contributed by atoms with Crippen LogP contribution in [0.15, 0.2) is 18.6 Å². The molecule has 0 bridgehead atoms. The van der Waals surface area contributed by atoms with Crippen molar-refractivity contribution in [1.29, 1.82) is 0 Å². The van der Waals surface area contributed by atoms with Crippen LogP contribution in [0.4, 0.5) is 0 Å². The zero-order valence-corrected chi connectivity index (χ0v) is 9.89. The number of rotatable bonds is 4. The maximum atomic E-state index is 4.31. The van der Waals surface area contributed by atoms with Crippen molar-refractivity contribution in [3.8, 4) is 0 Å². The molecule has 1 saturated heterocycles. The van der Waals surface area contributed by atoms with Crippen LogP contribution in [0.2, 0.25) is 0 Å². The number of hydrogen-bond donors (Lipinski definition) is 1. The molecule has 0 aliphatic carbocycles. The Balaban J connectivity index is 1.77. The van der Waals surface area contributed by atoms with E-state index < -0.39 is 0 Å². The molecule has 1 N–H and O–H groups in total. The summed E-state index contributed by atoms with van der Waals surface area (Å²) in [5.41, 5.74) is 1.08. The zero-order valence-electron chi connectivity index (χ0n) is 9.89. The van der Waals surface area contributed by atoms with Crippen molar-refractivity contribution in [2.75, 3.05) is 26.7 Å². The van der Waals surface area contributed by atoms with E-state index in [2.05, 4.69) is 20.2 Å². The molecule has 0 unspecified atom stereocenters. The van der Waals surface area contributed by atoms with Gasteiger partial charge in [0.1, 0.15) is 0 Å². The average Bonchev–Trinajstić information content (AvgIpc) is 2.33. The third-order valence-corrected chi connectivity index (χ3v) is 3.20.